The Hall–Kier alpha value is -2.06. The van der Waals surface area contributed by atoms with E-state index >= 15 is 0 Å². The number of hydrogen-bond acceptors (Lipinski definition) is 3. The summed E-state index contributed by atoms with van der Waals surface area (Å²) in [6.45, 7) is 7.75. The number of benzene rings is 1. The van der Waals surface area contributed by atoms with Crippen molar-refractivity contribution in [2.24, 2.45) is 5.41 Å². The molecule has 1 spiro atoms. The zero-order valence-electron chi connectivity index (χ0n) is 21.9. The van der Waals surface area contributed by atoms with Crippen molar-refractivity contribution in [1.82, 2.24) is 20.0 Å². The molecule has 1 aliphatic carbocycles. The molecule has 9 heteroatoms. The van der Waals surface area contributed by atoms with E-state index in [0.717, 1.165) is 31.3 Å². The molecular formula is C28H38ClF3N4O. The summed E-state index contributed by atoms with van der Waals surface area (Å²) in [5, 5.41) is 8.24. The standard InChI is InChI=1S/C28H37F3N4O.ClH/c1-26(2,3)35-14-10-22(33-35)21-17-23(25(36)34-15-13-27(18-34)11-5-4-6-12-27)32-24(21)19-8-7-9-20(16-19)28(29,30)31;/h7-10,14,16,21,23-24,32H,4-6,11-13,15,17-18H2,1-3H3;1H/t21?,23-,24-;/m0./s1. The molecule has 37 heavy (non-hydrogen) atoms. The van der Waals surface area contributed by atoms with Crippen molar-refractivity contribution in [2.45, 2.75) is 95.4 Å². The second-order valence-corrected chi connectivity index (χ2v) is 12.1. The van der Waals surface area contributed by atoms with E-state index in [1.54, 1.807) is 6.07 Å². The number of carbonyl (C=O) groups excluding carboxylic acids is 1. The van der Waals surface area contributed by atoms with Gasteiger partial charge in [0.25, 0.3) is 0 Å². The highest BCUT2D eigenvalue weighted by Crippen LogP contribution is 2.46. The number of hydrogen-bond donors (Lipinski definition) is 1. The largest absolute Gasteiger partial charge is 0.416 e. The third kappa shape index (κ3) is 5.70. The molecule has 2 saturated heterocycles. The summed E-state index contributed by atoms with van der Waals surface area (Å²) < 4.78 is 42.4. The number of likely N-dealkylation sites (tertiary alicyclic amines) is 1. The Morgan fingerprint density at radius 3 is 2.46 bits per heavy atom. The number of halogens is 4. The number of amides is 1. The Morgan fingerprint density at radius 2 is 1.81 bits per heavy atom. The fourth-order valence-electron chi connectivity index (χ4n) is 6.45. The number of nitrogens with zero attached hydrogens (tertiary/aromatic N) is 3. The molecule has 2 aliphatic heterocycles. The molecule has 3 atom stereocenters. The van der Waals surface area contributed by atoms with Crippen LogP contribution in [0, 0.1) is 5.41 Å². The van der Waals surface area contributed by atoms with E-state index in [1.165, 1.54) is 44.2 Å². The first-order valence-corrected chi connectivity index (χ1v) is 13.2. The predicted molar refractivity (Wildman–Crippen MR) is 140 cm³/mol. The minimum atomic E-state index is -4.42. The summed E-state index contributed by atoms with van der Waals surface area (Å²) in [6, 6.07) is 6.57. The lowest BCUT2D eigenvalue weighted by atomic mass is 9.73. The molecule has 2 aromatic rings. The molecule has 5 nitrogen and oxygen atoms in total. The van der Waals surface area contributed by atoms with Crippen LogP contribution in [0.2, 0.25) is 0 Å². The van der Waals surface area contributed by atoms with Gasteiger partial charge in [-0.15, -0.1) is 12.4 Å². The summed E-state index contributed by atoms with van der Waals surface area (Å²) in [4.78, 5) is 15.7. The van der Waals surface area contributed by atoms with Crippen molar-refractivity contribution in [3.8, 4) is 0 Å². The average Bonchev–Trinajstić information content (AvgIpc) is 3.57. The maximum absolute atomic E-state index is 13.7. The minimum Gasteiger partial charge on any atom is -0.341 e. The fraction of sp³-hybridized carbons (Fsp3) is 0.643. The van der Waals surface area contributed by atoms with Gasteiger partial charge in [0.15, 0.2) is 0 Å². The van der Waals surface area contributed by atoms with Gasteiger partial charge < -0.3 is 4.90 Å². The van der Waals surface area contributed by atoms with Crippen LogP contribution in [0.3, 0.4) is 0 Å². The fourth-order valence-corrected chi connectivity index (χ4v) is 6.45. The Bertz CT molecular complexity index is 1100. The third-order valence-electron chi connectivity index (χ3n) is 8.49. The van der Waals surface area contributed by atoms with Crippen LogP contribution < -0.4 is 5.32 Å². The van der Waals surface area contributed by atoms with Gasteiger partial charge in [-0.2, -0.15) is 18.3 Å². The Kier molecular flexibility index (Phi) is 7.75. The van der Waals surface area contributed by atoms with Crippen LogP contribution in [-0.2, 0) is 16.5 Å². The number of alkyl halides is 3. The van der Waals surface area contributed by atoms with Crippen molar-refractivity contribution in [1.29, 1.82) is 0 Å². The normalized spacial score (nSPS) is 25.9. The highest BCUT2D eigenvalue weighted by atomic mass is 35.5. The molecule has 0 bridgehead atoms. The maximum Gasteiger partial charge on any atom is 0.416 e. The van der Waals surface area contributed by atoms with Crippen molar-refractivity contribution in [3.05, 3.63) is 53.3 Å². The molecule has 1 unspecified atom stereocenters. The molecule has 3 heterocycles. The first-order valence-electron chi connectivity index (χ1n) is 13.2. The molecule has 3 fully saturated rings. The van der Waals surface area contributed by atoms with Crippen LogP contribution >= 0.6 is 12.4 Å². The van der Waals surface area contributed by atoms with Gasteiger partial charge in [0.2, 0.25) is 5.91 Å². The van der Waals surface area contributed by atoms with Crippen molar-refractivity contribution < 1.29 is 18.0 Å². The lowest BCUT2D eigenvalue weighted by Crippen LogP contribution is -2.44. The lowest BCUT2D eigenvalue weighted by Gasteiger charge is -2.33. The molecule has 3 aliphatic rings. The average molecular weight is 539 g/mol. The molecule has 1 aromatic carbocycles. The molecule has 1 amide bonds. The number of aromatic nitrogens is 2. The minimum absolute atomic E-state index is 0. The second kappa shape index (κ2) is 10.3. The highest BCUT2D eigenvalue weighted by molar-refractivity contribution is 5.85. The van der Waals surface area contributed by atoms with Gasteiger partial charge in [-0.25, -0.2) is 0 Å². The van der Waals surface area contributed by atoms with Gasteiger partial charge in [-0.3, -0.25) is 14.8 Å². The van der Waals surface area contributed by atoms with E-state index in [4.69, 9.17) is 5.10 Å². The van der Waals surface area contributed by atoms with Crippen LogP contribution in [0.25, 0.3) is 0 Å². The lowest BCUT2D eigenvalue weighted by molar-refractivity contribution is -0.137. The Morgan fingerprint density at radius 1 is 1.08 bits per heavy atom. The van der Waals surface area contributed by atoms with Crippen LogP contribution in [-0.4, -0.2) is 39.7 Å². The predicted octanol–water partition coefficient (Wildman–Crippen LogP) is 6.45. The van der Waals surface area contributed by atoms with Crippen LogP contribution in [0.15, 0.2) is 36.5 Å². The van der Waals surface area contributed by atoms with E-state index in [1.807, 2.05) is 21.8 Å². The van der Waals surface area contributed by atoms with Gasteiger partial charge in [0.1, 0.15) is 0 Å². The van der Waals surface area contributed by atoms with Crippen LogP contribution in [0.4, 0.5) is 13.2 Å². The summed E-state index contributed by atoms with van der Waals surface area (Å²) in [6.07, 6.45) is 5.20. The van der Waals surface area contributed by atoms with Gasteiger partial charge in [0.05, 0.1) is 22.8 Å². The molecule has 1 N–H and O–H groups in total. The molecule has 1 saturated carbocycles. The smallest absolute Gasteiger partial charge is 0.341 e. The Labute approximate surface area is 223 Å². The van der Waals surface area contributed by atoms with Crippen molar-refractivity contribution in [3.63, 3.8) is 0 Å². The van der Waals surface area contributed by atoms with E-state index in [-0.39, 0.29) is 35.2 Å². The molecule has 0 radical (unpaired) electrons. The van der Waals surface area contributed by atoms with Gasteiger partial charge >= 0.3 is 6.18 Å². The number of rotatable bonds is 3. The van der Waals surface area contributed by atoms with Gasteiger partial charge in [-0.05, 0) is 75.6 Å². The third-order valence-corrected chi connectivity index (χ3v) is 8.49. The number of nitrogens with one attached hydrogen (secondary N) is 1. The maximum atomic E-state index is 13.7. The first-order chi connectivity index (χ1) is 17.0. The van der Waals surface area contributed by atoms with Crippen molar-refractivity contribution in [2.75, 3.05) is 13.1 Å². The van der Waals surface area contributed by atoms with Crippen LogP contribution in [0.5, 0.6) is 0 Å². The van der Waals surface area contributed by atoms with Gasteiger partial charge in [-0.1, -0.05) is 31.4 Å². The molecule has 1 aromatic heterocycles. The number of carbonyl (C=O) groups is 1. The topological polar surface area (TPSA) is 50.2 Å². The van der Waals surface area contributed by atoms with Crippen LogP contribution in [0.1, 0.15) is 94.5 Å². The van der Waals surface area contributed by atoms with Crippen molar-refractivity contribution >= 4 is 18.3 Å². The summed E-state index contributed by atoms with van der Waals surface area (Å²) in [7, 11) is 0. The Balaban J connectivity index is 0.00000320. The molecular weight excluding hydrogens is 501 g/mol. The monoisotopic (exact) mass is 538 g/mol. The molecule has 5 rings (SSSR count). The summed E-state index contributed by atoms with van der Waals surface area (Å²) >= 11 is 0. The summed E-state index contributed by atoms with van der Waals surface area (Å²) in [5.74, 6) is -0.121. The zero-order valence-corrected chi connectivity index (χ0v) is 22.7. The zero-order chi connectivity index (χ0) is 25.7. The second-order valence-electron chi connectivity index (χ2n) is 12.1. The van der Waals surface area contributed by atoms with E-state index in [9.17, 15) is 18.0 Å². The summed E-state index contributed by atoms with van der Waals surface area (Å²) in [5.41, 5.74) is 0.725. The molecule has 204 valence electrons. The quantitative estimate of drug-likeness (QED) is 0.488. The SMILES string of the molecule is CC(C)(C)n1ccc(C2C[C@@H](C(=O)N3CCC4(CCCCC4)C3)N[C@H]2c2cccc(C(F)(F)F)c2)n1.Cl. The highest BCUT2D eigenvalue weighted by Gasteiger charge is 2.46. The van der Waals surface area contributed by atoms with E-state index in [2.05, 4.69) is 26.1 Å². The van der Waals surface area contributed by atoms with E-state index in [0.29, 0.717) is 12.0 Å². The first kappa shape index (κ1) is 28.0. The van der Waals surface area contributed by atoms with E-state index < -0.39 is 23.8 Å². The van der Waals surface area contributed by atoms with Gasteiger partial charge in [0, 0.05) is 31.2 Å².